The minimum Gasteiger partial charge on any atom is -0.486 e. The molecule has 7 nitrogen and oxygen atoms in total. The number of carbonyl (C=O) groups is 2. The van der Waals surface area contributed by atoms with Gasteiger partial charge in [-0.25, -0.2) is 4.79 Å². The van der Waals surface area contributed by atoms with Crippen LogP contribution >= 0.6 is 0 Å². The number of anilines is 1. The van der Waals surface area contributed by atoms with Gasteiger partial charge in [0.25, 0.3) is 0 Å². The number of likely N-dealkylation sites (N-methyl/N-ethyl adjacent to an activating group) is 1. The molecule has 3 rings (SSSR count). The van der Waals surface area contributed by atoms with Crippen molar-refractivity contribution in [1.82, 2.24) is 10.2 Å². The number of urea groups is 1. The second-order valence-corrected chi connectivity index (χ2v) is 6.27. The molecule has 142 valence electrons. The van der Waals surface area contributed by atoms with Crippen LogP contribution < -0.4 is 20.1 Å². The average molecular weight is 369 g/mol. The minimum absolute atomic E-state index is 0.0718. The van der Waals surface area contributed by atoms with Gasteiger partial charge in [0.2, 0.25) is 5.91 Å². The fourth-order valence-corrected chi connectivity index (χ4v) is 2.73. The number of nitrogens with one attached hydrogen (secondary N) is 2. The third-order valence-electron chi connectivity index (χ3n) is 4.13. The van der Waals surface area contributed by atoms with Crippen LogP contribution in [0.25, 0.3) is 0 Å². The number of nitrogens with zero attached hydrogens (tertiary/aromatic N) is 1. The third kappa shape index (κ3) is 5.37. The topological polar surface area (TPSA) is 79.9 Å². The molecular formula is C20H23N3O4. The Bertz CT molecular complexity index is 782. The zero-order valence-electron chi connectivity index (χ0n) is 15.2. The first-order valence-corrected chi connectivity index (χ1v) is 8.84. The second kappa shape index (κ2) is 8.93. The van der Waals surface area contributed by atoms with E-state index in [1.54, 1.807) is 24.1 Å². The van der Waals surface area contributed by atoms with Gasteiger partial charge < -0.3 is 25.0 Å². The van der Waals surface area contributed by atoms with Crippen molar-refractivity contribution in [2.24, 2.45) is 0 Å². The molecule has 2 aromatic rings. The highest BCUT2D eigenvalue weighted by molar-refractivity contribution is 5.89. The quantitative estimate of drug-likeness (QED) is 0.820. The molecule has 1 atom stereocenters. The Labute approximate surface area is 158 Å². The van der Waals surface area contributed by atoms with E-state index in [0.717, 1.165) is 5.75 Å². The Morgan fingerprint density at radius 3 is 2.56 bits per heavy atom. The van der Waals surface area contributed by atoms with Crippen LogP contribution in [0.1, 0.15) is 6.42 Å². The summed E-state index contributed by atoms with van der Waals surface area (Å²) in [6.45, 7) is 1.07. The molecule has 7 heteroatoms. The molecule has 1 heterocycles. The van der Waals surface area contributed by atoms with Crippen molar-refractivity contribution in [2.75, 3.05) is 32.1 Å². The standard InChI is InChI=1S/C20H23N3O4/c1-23(13-16-14-26-17-9-5-6-10-18(17)27-16)19(24)11-12-21-20(25)22-15-7-3-2-4-8-15/h2-10,16H,11-14H2,1H3,(H2,21,22,25)/t16-/m1/s1. The molecule has 3 amide bonds. The largest absolute Gasteiger partial charge is 0.486 e. The summed E-state index contributed by atoms with van der Waals surface area (Å²) in [5.74, 6) is 1.34. The van der Waals surface area contributed by atoms with Gasteiger partial charge in [-0.2, -0.15) is 0 Å². The SMILES string of the molecule is CN(C[C@@H]1COc2ccccc2O1)C(=O)CCNC(=O)Nc1ccccc1. The van der Waals surface area contributed by atoms with E-state index in [1.165, 1.54) is 0 Å². The van der Waals surface area contributed by atoms with Crippen molar-refractivity contribution >= 4 is 17.6 Å². The zero-order valence-corrected chi connectivity index (χ0v) is 15.2. The minimum atomic E-state index is -0.336. The first-order chi connectivity index (χ1) is 13.1. The molecule has 2 N–H and O–H groups in total. The second-order valence-electron chi connectivity index (χ2n) is 6.27. The number of hydrogen-bond donors (Lipinski definition) is 2. The van der Waals surface area contributed by atoms with Gasteiger partial charge in [-0.05, 0) is 24.3 Å². The number of amides is 3. The van der Waals surface area contributed by atoms with Crippen molar-refractivity contribution in [3.05, 3.63) is 54.6 Å². The zero-order chi connectivity index (χ0) is 19.1. The summed E-state index contributed by atoms with van der Waals surface area (Å²) in [5, 5.41) is 5.39. The fraction of sp³-hybridized carbons (Fsp3) is 0.300. The van der Waals surface area contributed by atoms with Gasteiger partial charge in [0.15, 0.2) is 17.6 Å². The molecule has 2 aromatic carbocycles. The molecule has 0 spiro atoms. The van der Waals surface area contributed by atoms with Gasteiger partial charge in [0, 0.05) is 25.7 Å². The lowest BCUT2D eigenvalue weighted by Crippen LogP contribution is -2.42. The van der Waals surface area contributed by atoms with Gasteiger partial charge in [0.1, 0.15) is 6.61 Å². The molecule has 0 aromatic heterocycles. The third-order valence-corrected chi connectivity index (χ3v) is 4.13. The maximum atomic E-state index is 12.3. The van der Waals surface area contributed by atoms with Gasteiger partial charge in [-0.1, -0.05) is 30.3 Å². The first kappa shape index (κ1) is 18.6. The maximum absolute atomic E-state index is 12.3. The lowest BCUT2D eigenvalue weighted by atomic mass is 10.2. The highest BCUT2D eigenvalue weighted by atomic mass is 16.6. The summed E-state index contributed by atoms with van der Waals surface area (Å²) in [7, 11) is 1.72. The molecule has 1 aliphatic rings. The van der Waals surface area contributed by atoms with Crippen molar-refractivity contribution in [3.8, 4) is 11.5 Å². The number of para-hydroxylation sites is 3. The molecule has 0 fully saturated rings. The number of fused-ring (bicyclic) bond motifs is 1. The molecule has 27 heavy (non-hydrogen) atoms. The van der Waals surface area contributed by atoms with Gasteiger partial charge >= 0.3 is 6.03 Å². The molecule has 1 aliphatic heterocycles. The fourth-order valence-electron chi connectivity index (χ4n) is 2.73. The van der Waals surface area contributed by atoms with Crippen LogP contribution in [-0.2, 0) is 4.79 Å². The lowest BCUT2D eigenvalue weighted by Gasteiger charge is -2.29. The smallest absolute Gasteiger partial charge is 0.319 e. The van der Waals surface area contributed by atoms with Crippen LogP contribution in [0.5, 0.6) is 11.5 Å². The molecule has 0 aliphatic carbocycles. The van der Waals surface area contributed by atoms with Crippen LogP contribution in [0.4, 0.5) is 10.5 Å². The Morgan fingerprint density at radius 1 is 1.07 bits per heavy atom. The molecule has 0 radical (unpaired) electrons. The number of hydrogen-bond acceptors (Lipinski definition) is 4. The van der Waals surface area contributed by atoms with Crippen molar-refractivity contribution < 1.29 is 19.1 Å². The molecule has 0 bridgehead atoms. The van der Waals surface area contributed by atoms with Crippen molar-refractivity contribution in [1.29, 1.82) is 0 Å². The maximum Gasteiger partial charge on any atom is 0.319 e. The number of carbonyl (C=O) groups excluding carboxylic acids is 2. The lowest BCUT2D eigenvalue weighted by molar-refractivity contribution is -0.131. The van der Waals surface area contributed by atoms with Gasteiger partial charge in [-0.3, -0.25) is 4.79 Å². The summed E-state index contributed by atoms with van der Waals surface area (Å²) in [5.41, 5.74) is 0.702. The van der Waals surface area contributed by atoms with Gasteiger partial charge in [0.05, 0.1) is 6.54 Å². The van der Waals surface area contributed by atoms with Crippen LogP contribution in [0.2, 0.25) is 0 Å². The highest BCUT2D eigenvalue weighted by Gasteiger charge is 2.23. The predicted molar refractivity (Wildman–Crippen MR) is 102 cm³/mol. The summed E-state index contributed by atoms with van der Waals surface area (Å²) >= 11 is 0. The Balaban J connectivity index is 1.37. The summed E-state index contributed by atoms with van der Waals surface area (Å²) < 4.78 is 11.5. The van der Waals surface area contributed by atoms with E-state index in [4.69, 9.17) is 9.47 Å². The highest BCUT2D eigenvalue weighted by Crippen LogP contribution is 2.30. The first-order valence-electron chi connectivity index (χ1n) is 8.84. The normalized spacial score (nSPS) is 14.9. The average Bonchev–Trinajstić information content (AvgIpc) is 2.68. The Kier molecular flexibility index (Phi) is 6.14. The summed E-state index contributed by atoms with van der Waals surface area (Å²) in [6.07, 6.45) is -0.00809. The van der Waals surface area contributed by atoms with E-state index in [9.17, 15) is 9.59 Å². The van der Waals surface area contributed by atoms with Crippen LogP contribution in [0, 0.1) is 0 Å². The van der Waals surface area contributed by atoms with E-state index >= 15 is 0 Å². The van der Waals surface area contributed by atoms with E-state index in [1.807, 2.05) is 42.5 Å². The number of benzene rings is 2. The van der Waals surface area contributed by atoms with Crippen molar-refractivity contribution in [3.63, 3.8) is 0 Å². The van der Waals surface area contributed by atoms with Crippen LogP contribution in [0.15, 0.2) is 54.6 Å². The number of rotatable bonds is 6. The van der Waals surface area contributed by atoms with Crippen LogP contribution in [-0.4, -0.2) is 49.7 Å². The van der Waals surface area contributed by atoms with E-state index in [-0.39, 0.29) is 31.0 Å². The number of ether oxygens (including phenoxy) is 2. The molecular weight excluding hydrogens is 346 g/mol. The predicted octanol–water partition coefficient (Wildman–Crippen LogP) is 2.50. The molecule has 0 saturated heterocycles. The molecule has 0 unspecified atom stereocenters. The van der Waals surface area contributed by atoms with E-state index in [0.29, 0.717) is 24.6 Å². The Hall–Kier alpha value is -3.22. The van der Waals surface area contributed by atoms with E-state index < -0.39 is 0 Å². The van der Waals surface area contributed by atoms with E-state index in [2.05, 4.69) is 10.6 Å². The van der Waals surface area contributed by atoms with Crippen molar-refractivity contribution in [2.45, 2.75) is 12.5 Å². The monoisotopic (exact) mass is 369 g/mol. The van der Waals surface area contributed by atoms with Crippen LogP contribution in [0.3, 0.4) is 0 Å². The van der Waals surface area contributed by atoms with Gasteiger partial charge in [-0.15, -0.1) is 0 Å². The molecule has 0 saturated carbocycles. The summed E-state index contributed by atoms with van der Waals surface area (Å²) in [4.78, 5) is 25.7. The summed E-state index contributed by atoms with van der Waals surface area (Å²) in [6, 6.07) is 16.3. The Morgan fingerprint density at radius 2 is 1.78 bits per heavy atom.